The molecular formula is C12H22O2. The van der Waals surface area contributed by atoms with Gasteiger partial charge in [0.1, 0.15) is 0 Å². The molecular weight excluding hydrogens is 176 g/mol. The van der Waals surface area contributed by atoms with Crippen LogP contribution in [-0.4, -0.2) is 13.0 Å². The predicted molar refractivity (Wildman–Crippen MR) is 59.1 cm³/mol. The van der Waals surface area contributed by atoms with Crippen molar-refractivity contribution in [2.24, 2.45) is 0 Å². The van der Waals surface area contributed by atoms with Gasteiger partial charge in [0.25, 0.3) is 0 Å². The highest BCUT2D eigenvalue weighted by atomic mass is 16.5. The van der Waals surface area contributed by atoms with E-state index in [1.54, 1.807) is 0 Å². The lowest BCUT2D eigenvalue weighted by atomic mass is 10.1. The van der Waals surface area contributed by atoms with Crippen LogP contribution in [0.5, 0.6) is 0 Å². The van der Waals surface area contributed by atoms with E-state index in [-0.39, 0.29) is 6.42 Å². The number of carbonyl (C=O) groups is 1. The topological polar surface area (TPSA) is 26.3 Å². The van der Waals surface area contributed by atoms with Crippen molar-refractivity contribution in [2.45, 2.75) is 51.4 Å². The smallest absolute Gasteiger partial charge is 0.305 e. The molecule has 0 amide bonds. The van der Waals surface area contributed by atoms with Gasteiger partial charge in [-0.15, -0.1) is 6.58 Å². The van der Waals surface area contributed by atoms with Gasteiger partial charge in [0.05, 0.1) is 11.2 Å². The number of rotatable bonds is 9. The first-order valence-electron chi connectivity index (χ1n) is 6.78. The van der Waals surface area contributed by atoms with Gasteiger partial charge in [0.2, 0.25) is 0 Å². The average Bonchev–Trinajstić information content (AvgIpc) is 2.19. The van der Waals surface area contributed by atoms with Crippen molar-refractivity contribution in [3.63, 3.8) is 0 Å². The van der Waals surface area contributed by atoms with Crippen molar-refractivity contribution in [3.05, 3.63) is 12.7 Å². The highest BCUT2D eigenvalue weighted by molar-refractivity contribution is 5.68. The summed E-state index contributed by atoms with van der Waals surface area (Å²) in [6, 6.07) is 0. The Morgan fingerprint density at radius 3 is 2.57 bits per heavy atom. The fourth-order valence-electron chi connectivity index (χ4n) is 1.32. The molecule has 2 heteroatoms. The summed E-state index contributed by atoms with van der Waals surface area (Å²) in [5.74, 6) is -0.628. The molecule has 0 N–H and O–H groups in total. The number of ether oxygens (including phenoxy) is 1. The fourth-order valence-corrected chi connectivity index (χ4v) is 1.32. The Labute approximate surface area is 91.6 Å². The zero-order valence-electron chi connectivity index (χ0n) is 11.8. The molecule has 0 aliphatic rings. The van der Waals surface area contributed by atoms with Crippen LogP contribution in [0, 0.1) is 0 Å². The maximum atomic E-state index is 11.0. The van der Waals surface area contributed by atoms with Gasteiger partial charge in [-0.2, -0.15) is 0 Å². The van der Waals surface area contributed by atoms with Crippen LogP contribution in [0.1, 0.15) is 55.5 Å². The number of carbonyl (C=O) groups excluding carboxylic acids is 1. The zero-order chi connectivity index (χ0) is 13.1. The summed E-state index contributed by atoms with van der Waals surface area (Å²) < 4.78 is 24.5. The lowest BCUT2D eigenvalue weighted by molar-refractivity contribution is -0.140. The van der Waals surface area contributed by atoms with Gasteiger partial charge < -0.3 is 4.74 Å². The van der Waals surface area contributed by atoms with Crippen molar-refractivity contribution in [1.29, 1.82) is 0 Å². The van der Waals surface area contributed by atoms with Crippen molar-refractivity contribution in [3.8, 4) is 0 Å². The molecule has 0 aliphatic carbocycles. The number of esters is 1. The third-order valence-electron chi connectivity index (χ3n) is 2.15. The molecule has 0 aliphatic heterocycles. The predicted octanol–water partition coefficient (Wildman–Crippen LogP) is 3.47. The summed E-state index contributed by atoms with van der Waals surface area (Å²) in [4.78, 5) is 11.0. The van der Waals surface area contributed by atoms with Crippen LogP contribution >= 0.6 is 0 Å². The second kappa shape index (κ2) is 10.3. The molecule has 0 saturated carbocycles. The minimum absolute atomic E-state index is 0.199. The van der Waals surface area contributed by atoms with Crippen molar-refractivity contribution in [2.75, 3.05) is 7.04 Å². The highest BCUT2D eigenvalue weighted by Gasteiger charge is 1.98. The van der Waals surface area contributed by atoms with Crippen LogP contribution in [0.2, 0.25) is 0 Å². The molecule has 0 rings (SSSR count). The van der Waals surface area contributed by atoms with Crippen LogP contribution < -0.4 is 0 Å². The molecule has 2 nitrogen and oxygen atoms in total. The molecule has 0 unspecified atom stereocenters. The standard InChI is InChI=1S/C12H22O2/c1-3-4-5-6-7-8-9-10-11-12(13)14-2/h3H,1,4-11H2,2H3/i2D3. The minimum atomic E-state index is -2.60. The minimum Gasteiger partial charge on any atom is -0.469 e. The van der Waals surface area contributed by atoms with Crippen LogP contribution in [-0.2, 0) is 9.53 Å². The van der Waals surface area contributed by atoms with Gasteiger partial charge >= 0.3 is 5.97 Å². The van der Waals surface area contributed by atoms with E-state index in [0.29, 0.717) is 6.42 Å². The van der Waals surface area contributed by atoms with E-state index in [2.05, 4.69) is 11.3 Å². The summed E-state index contributed by atoms with van der Waals surface area (Å²) >= 11 is 0. The first kappa shape index (κ1) is 8.51. The first-order chi connectivity index (χ1) is 7.95. The van der Waals surface area contributed by atoms with Gasteiger partial charge in [-0.1, -0.05) is 31.8 Å². The maximum absolute atomic E-state index is 11.0. The molecule has 0 heterocycles. The van der Waals surface area contributed by atoms with Crippen molar-refractivity contribution < 1.29 is 13.6 Å². The molecule has 0 aromatic carbocycles. The SMILES string of the molecule is [2H]C([2H])([2H])OC(=O)CCCCCCCCC=C. The molecule has 0 atom stereocenters. The van der Waals surface area contributed by atoms with E-state index in [9.17, 15) is 4.79 Å². The van der Waals surface area contributed by atoms with Gasteiger partial charge in [-0.3, -0.25) is 4.79 Å². The summed E-state index contributed by atoms with van der Waals surface area (Å²) in [7, 11) is -2.60. The summed E-state index contributed by atoms with van der Waals surface area (Å²) in [5, 5.41) is 0. The molecule has 0 saturated heterocycles. The van der Waals surface area contributed by atoms with Crippen molar-refractivity contribution in [1.82, 2.24) is 0 Å². The maximum Gasteiger partial charge on any atom is 0.305 e. The van der Waals surface area contributed by atoms with Crippen LogP contribution in [0.15, 0.2) is 12.7 Å². The molecule has 0 aromatic heterocycles. The van der Waals surface area contributed by atoms with E-state index < -0.39 is 13.0 Å². The lowest BCUT2D eigenvalue weighted by Gasteiger charge is -2.00. The second-order valence-electron chi connectivity index (χ2n) is 3.42. The molecule has 0 aromatic rings. The van der Waals surface area contributed by atoms with Gasteiger partial charge in [-0.05, 0) is 19.3 Å². The second-order valence-corrected chi connectivity index (χ2v) is 3.42. The number of methoxy groups -OCH3 is 1. The third-order valence-corrected chi connectivity index (χ3v) is 2.15. The van der Waals surface area contributed by atoms with E-state index in [4.69, 9.17) is 4.11 Å². The quantitative estimate of drug-likeness (QED) is 0.324. The third kappa shape index (κ3) is 9.30. The Bertz CT molecular complexity index is 224. The molecule has 14 heavy (non-hydrogen) atoms. The average molecular weight is 201 g/mol. The lowest BCUT2D eigenvalue weighted by Crippen LogP contribution is -1.99. The van der Waals surface area contributed by atoms with Gasteiger partial charge in [0, 0.05) is 6.42 Å². The number of unbranched alkanes of at least 4 members (excludes halogenated alkanes) is 6. The summed E-state index contributed by atoms with van der Waals surface area (Å²) in [6.07, 6.45) is 9.43. The molecule has 82 valence electrons. The number of hydrogen-bond donors (Lipinski definition) is 0. The Balaban J connectivity index is 3.28. The Morgan fingerprint density at radius 2 is 1.93 bits per heavy atom. The summed E-state index contributed by atoms with van der Waals surface area (Å²) in [5.41, 5.74) is 0. The van der Waals surface area contributed by atoms with E-state index in [1.807, 2.05) is 6.08 Å². The molecule has 0 spiro atoms. The van der Waals surface area contributed by atoms with E-state index >= 15 is 0 Å². The Morgan fingerprint density at radius 1 is 1.29 bits per heavy atom. The van der Waals surface area contributed by atoms with Gasteiger partial charge in [0.15, 0.2) is 0 Å². The van der Waals surface area contributed by atoms with Crippen LogP contribution in [0.4, 0.5) is 0 Å². The number of hydrogen-bond acceptors (Lipinski definition) is 2. The Kier molecular flexibility index (Phi) is 6.26. The van der Waals surface area contributed by atoms with Crippen LogP contribution in [0.3, 0.4) is 0 Å². The highest BCUT2D eigenvalue weighted by Crippen LogP contribution is 2.08. The van der Waals surface area contributed by atoms with E-state index in [0.717, 1.165) is 25.7 Å². The molecule has 0 radical (unpaired) electrons. The summed E-state index contributed by atoms with van der Waals surface area (Å²) in [6.45, 7) is 3.66. The zero-order valence-corrected chi connectivity index (χ0v) is 8.76. The van der Waals surface area contributed by atoms with Crippen LogP contribution in [0.25, 0.3) is 0 Å². The fraction of sp³-hybridized carbons (Fsp3) is 0.750. The monoisotopic (exact) mass is 201 g/mol. The largest absolute Gasteiger partial charge is 0.469 e. The normalized spacial score (nSPS) is 13.9. The van der Waals surface area contributed by atoms with Crippen molar-refractivity contribution >= 4 is 5.97 Å². The first-order valence-corrected chi connectivity index (χ1v) is 5.28. The van der Waals surface area contributed by atoms with Gasteiger partial charge in [-0.25, -0.2) is 0 Å². The molecule has 0 bridgehead atoms. The number of allylic oxidation sites excluding steroid dienone is 1. The van der Waals surface area contributed by atoms with E-state index in [1.165, 1.54) is 12.8 Å². The molecule has 0 fully saturated rings. The Hall–Kier alpha value is -0.790.